The molecule has 1 fully saturated rings. The third-order valence-electron chi connectivity index (χ3n) is 3.76. The monoisotopic (exact) mass is 297 g/mol. The summed E-state index contributed by atoms with van der Waals surface area (Å²) in [6, 6.07) is 5.55. The molecule has 110 valence electrons. The highest BCUT2D eigenvalue weighted by Crippen LogP contribution is 2.27. The molecule has 0 radical (unpaired) electrons. The molecule has 1 saturated carbocycles. The summed E-state index contributed by atoms with van der Waals surface area (Å²) in [5, 5.41) is 9.71. The normalized spacial score (nSPS) is 14.8. The van der Waals surface area contributed by atoms with E-state index in [1.807, 2.05) is 0 Å². The van der Waals surface area contributed by atoms with E-state index >= 15 is 0 Å². The highest BCUT2D eigenvalue weighted by atomic mass is 35.5. The van der Waals surface area contributed by atoms with E-state index in [2.05, 4.69) is 0 Å². The van der Waals surface area contributed by atoms with Gasteiger partial charge in [-0.1, -0.05) is 11.6 Å². The van der Waals surface area contributed by atoms with Gasteiger partial charge in [-0.05, 0) is 37.5 Å². The van der Waals surface area contributed by atoms with Crippen LogP contribution in [0.1, 0.15) is 24.8 Å². The Morgan fingerprint density at radius 1 is 1.50 bits per heavy atom. The number of carbonyl (C=O) groups is 1. The van der Waals surface area contributed by atoms with Gasteiger partial charge in [-0.2, -0.15) is 0 Å². The standard InChI is InChI=1S/C15H20ClNO3/c1-20-14-6-5-12(16)9-11(14)10-15(19)17(7-8-18)13-3-2-4-13/h5-6,9,13,18H,2-4,7-8,10H2,1H3. The zero-order valence-corrected chi connectivity index (χ0v) is 12.4. The number of hydrogen-bond acceptors (Lipinski definition) is 3. The van der Waals surface area contributed by atoms with E-state index in [9.17, 15) is 4.79 Å². The first-order valence-corrected chi connectivity index (χ1v) is 7.26. The Kier molecular flexibility index (Phi) is 5.26. The Balaban J connectivity index is 2.10. The summed E-state index contributed by atoms with van der Waals surface area (Å²) < 4.78 is 5.26. The summed E-state index contributed by atoms with van der Waals surface area (Å²) >= 11 is 5.98. The molecule has 4 nitrogen and oxygen atoms in total. The predicted octanol–water partition coefficient (Wildman–Crippen LogP) is 2.26. The van der Waals surface area contributed by atoms with Crippen LogP contribution in [0.4, 0.5) is 0 Å². The van der Waals surface area contributed by atoms with E-state index in [4.69, 9.17) is 21.4 Å². The number of amides is 1. The first-order chi connectivity index (χ1) is 9.65. The van der Waals surface area contributed by atoms with E-state index in [0.717, 1.165) is 24.8 Å². The summed E-state index contributed by atoms with van der Waals surface area (Å²) in [5.41, 5.74) is 0.785. The molecular weight excluding hydrogens is 278 g/mol. The Labute approximate surface area is 124 Å². The van der Waals surface area contributed by atoms with Crippen molar-refractivity contribution in [2.75, 3.05) is 20.3 Å². The minimum atomic E-state index is -0.00504. The molecule has 2 rings (SSSR count). The largest absolute Gasteiger partial charge is 0.496 e. The molecule has 20 heavy (non-hydrogen) atoms. The maximum Gasteiger partial charge on any atom is 0.227 e. The van der Waals surface area contributed by atoms with Crippen LogP contribution >= 0.6 is 11.6 Å². The molecule has 1 amide bonds. The van der Waals surface area contributed by atoms with Crippen LogP contribution in [0.25, 0.3) is 0 Å². The molecule has 0 unspecified atom stereocenters. The highest BCUT2D eigenvalue weighted by molar-refractivity contribution is 6.30. The molecule has 0 spiro atoms. The van der Waals surface area contributed by atoms with Crippen molar-refractivity contribution in [1.82, 2.24) is 4.90 Å². The van der Waals surface area contributed by atoms with Gasteiger partial charge in [0.25, 0.3) is 0 Å². The van der Waals surface area contributed by atoms with Gasteiger partial charge >= 0.3 is 0 Å². The molecule has 1 aromatic rings. The number of ether oxygens (including phenoxy) is 1. The SMILES string of the molecule is COc1ccc(Cl)cc1CC(=O)N(CCO)C1CCC1. The second-order valence-electron chi connectivity index (χ2n) is 5.03. The fourth-order valence-corrected chi connectivity index (χ4v) is 2.66. The van der Waals surface area contributed by atoms with Gasteiger partial charge in [-0.15, -0.1) is 0 Å². The fourth-order valence-electron chi connectivity index (χ4n) is 2.47. The van der Waals surface area contributed by atoms with Crippen molar-refractivity contribution in [3.05, 3.63) is 28.8 Å². The second-order valence-corrected chi connectivity index (χ2v) is 5.46. The van der Waals surface area contributed by atoms with E-state index < -0.39 is 0 Å². The molecule has 0 aliphatic heterocycles. The third-order valence-corrected chi connectivity index (χ3v) is 4.00. The molecular formula is C15H20ClNO3. The summed E-state index contributed by atoms with van der Waals surface area (Å²) in [6.45, 7) is 0.390. The number of rotatable bonds is 6. The van der Waals surface area contributed by atoms with Crippen molar-refractivity contribution < 1.29 is 14.6 Å². The van der Waals surface area contributed by atoms with Crippen LogP contribution in [0, 0.1) is 0 Å². The molecule has 0 bridgehead atoms. The van der Waals surface area contributed by atoms with E-state index in [1.165, 1.54) is 0 Å². The van der Waals surface area contributed by atoms with Gasteiger partial charge in [0.05, 0.1) is 20.1 Å². The van der Waals surface area contributed by atoms with Gasteiger partial charge in [-0.3, -0.25) is 4.79 Å². The zero-order valence-electron chi connectivity index (χ0n) is 11.6. The Bertz CT molecular complexity index is 474. The van der Waals surface area contributed by atoms with Gasteiger partial charge in [0.15, 0.2) is 0 Å². The maximum absolute atomic E-state index is 12.4. The van der Waals surface area contributed by atoms with Crippen molar-refractivity contribution in [1.29, 1.82) is 0 Å². The van der Waals surface area contributed by atoms with E-state index in [-0.39, 0.29) is 25.0 Å². The quantitative estimate of drug-likeness (QED) is 0.876. The number of hydrogen-bond donors (Lipinski definition) is 1. The minimum Gasteiger partial charge on any atom is -0.496 e. The number of nitrogens with zero attached hydrogens (tertiary/aromatic N) is 1. The topological polar surface area (TPSA) is 49.8 Å². The van der Waals surface area contributed by atoms with Gasteiger partial charge in [0, 0.05) is 23.2 Å². The maximum atomic E-state index is 12.4. The number of carbonyl (C=O) groups excluding carboxylic acids is 1. The first kappa shape index (κ1) is 15.1. The predicted molar refractivity (Wildman–Crippen MR) is 78.1 cm³/mol. The van der Waals surface area contributed by atoms with E-state index in [1.54, 1.807) is 30.2 Å². The highest BCUT2D eigenvalue weighted by Gasteiger charge is 2.28. The van der Waals surface area contributed by atoms with Crippen molar-refractivity contribution in [2.45, 2.75) is 31.7 Å². The number of benzene rings is 1. The molecule has 1 aliphatic rings. The molecule has 0 aromatic heterocycles. The summed E-state index contributed by atoms with van der Waals surface area (Å²) in [7, 11) is 1.58. The van der Waals surface area contributed by atoms with Crippen LogP contribution in [0.5, 0.6) is 5.75 Å². The summed E-state index contributed by atoms with van der Waals surface area (Å²) in [5.74, 6) is 0.685. The van der Waals surface area contributed by atoms with Crippen molar-refractivity contribution in [3.8, 4) is 5.75 Å². The van der Waals surface area contributed by atoms with Gasteiger partial charge in [-0.25, -0.2) is 0 Å². The fraction of sp³-hybridized carbons (Fsp3) is 0.533. The molecule has 0 heterocycles. The van der Waals surface area contributed by atoms with Crippen LogP contribution in [0.3, 0.4) is 0 Å². The van der Waals surface area contributed by atoms with Crippen molar-refractivity contribution in [3.63, 3.8) is 0 Å². The van der Waals surface area contributed by atoms with Gasteiger partial charge < -0.3 is 14.7 Å². The number of aliphatic hydroxyl groups excluding tert-OH is 1. The van der Waals surface area contributed by atoms with Crippen LogP contribution in [-0.4, -0.2) is 42.2 Å². The smallest absolute Gasteiger partial charge is 0.227 e. The van der Waals surface area contributed by atoms with Gasteiger partial charge in [0.1, 0.15) is 5.75 Å². The lowest BCUT2D eigenvalue weighted by atomic mass is 9.91. The Morgan fingerprint density at radius 3 is 2.80 bits per heavy atom. The van der Waals surface area contributed by atoms with E-state index in [0.29, 0.717) is 17.3 Å². The van der Waals surface area contributed by atoms with Crippen LogP contribution < -0.4 is 4.74 Å². The number of methoxy groups -OCH3 is 1. The molecule has 0 atom stereocenters. The first-order valence-electron chi connectivity index (χ1n) is 6.88. The lowest BCUT2D eigenvalue weighted by molar-refractivity contribution is -0.135. The van der Waals surface area contributed by atoms with Crippen LogP contribution in [0.2, 0.25) is 5.02 Å². The summed E-state index contributed by atoms with van der Waals surface area (Å²) in [6.07, 6.45) is 3.46. The molecule has 1 aliphatic carbocycles. The lowest BCUT2D eigenvalue weighted by Crippen LogP contribution is -2.46. The molecule has 1 aromatic carbocycles. The average molecular weight is 298 g/mol. The summed E-state index contributed by atoms with van der Waals surface area (Å²) in [4.78, 5) is 14.2. The molecule has 0 saturated heterocycles. The number of halogens is 1. The Morgan fingerprint density at radius 2 is 2.25 bits per heavy atom. The molecule has 5 heteroatoms. The Hall–Kier alpha value is -1.26. The molecule has 1 N–H and O–H groups in total. The zero-order chi connectivity index (χ0) is 14.5. The second kappa shape index (κ2) is 6.95. The van der Waals surface area contributed by atoms with Gasteiger partial charge in [0.2, 0.25) is 5.91 Å². The van der Waals surface area contributed by atoms with Crippen molar-refractivity contribution >= 4 is 17.5 Å². The third kappa shape index (κ3) is 3.44. The average Bonchev–Trinajstić information content (AvgIpc) is 2.36. The van der Waals surface area contributed by atoms with Crippen LogP contribution in [0.15, 0.2) is 18.2 Å². The minimum absolute atomic E-state index is 0.00504. The number of aliphatic hydroxyl groups is 1. The lowest BCUT2D eigenvalue weighted by Gasteiger charge is -2.37. The van der Waals surface area contributed by atoms with Crippen LogP contribution in [-0.2, 0) is 11.2 Å². The van der Waals surface area contributed by atoms with Crippen molar-refractivity contribution in [2.24, 2.45) is 0 Å².